The van der Waals surface area contributed by atoms with Crippen LogP contribution in [0.15, 0.2) is 12.5 Å². The Hall–Kier alpha value is -2.09. The van der Waals surface area contributed by atoms with Crippen LogP contribution in [0.2, 0.25) is 0 Å². The maximum Gasteiger partial charge on any atom is 0.326 e. The Bertz CT molecular complexity index is 456. The van der Waals surface area contributed by atoms with E-state index in [1.807, 2.05) is 0 Å². The van der Waals surface area contributed by atoms with Gasteiger partial charge in [0.15, 0.2) is 0 Å². The first kappa shape index (κ1) is 14.3. The topological polar surface area (TPSA) is 108 Å². The van der Waals surface area contributed by atoms with Crippen LogP contribution >= 0.6 is 0 Å². The third kappa shape index (κ3) is 3.47. The van der Waals surface area contributed by atoms with Crippen molar-refractivity contribution in [1.29, 1.82) is 0 Å². The van der Waals surface area contributed by atoms with E-state index < -0.39 is 18.0 Å². The van der Waals surface area contributed by atoms with Crippen LogP contribution in [0.25, 0.3) is 0 Å². The molecule has 2 amide bonds. The van der Waals surface area contributed by atoms with E-state index in [-0.39, 0.29) is 12.5 Å². The standard InChI is InChI=1S/C12H18N4O4/c1-16(9-2-3-20-6-9)12(19)15-10(11(17)18)4-8-5-13-7-14-8/h5,7,9-10H,2-4,6H2,1H3,(H,13,14)(H,15,19)(H,17,18)/t9?,10-/m1/s1. The molecule has 0 radical (unpaired) electrons. The number of H-pyrrole nitrogens is 1. The summed E-state index contributed by atoms with van der Waals surface area (Å²) in [5.41, 5.74) is 0.657. The summed E-state index contributed by atoms with van der Waals surface area (Å²) in [5.74, 6) is -1.08. The van der Waals surface area contributed by atoms with E-state index in [0.29, 0.717) is 18.9 Å². The number of ether oxygens (including phenoxy) is 1. The second kappa shape index (κ2) is 6.38. The molecule has 1 fully saturated rings. The van der Waals surface area contributed by atoms with Gasteiger partial charge in [0.05, 0.1) is 19.0 Å². The van der Waals surface area contributed by atoms with Crippen LogP contribution in [0.5, 0.6) is 0 Å². The highest BCUT2D eigenvalue weighted by atomic mass is 16.5. The van der Waals surface area contributed by atoms with E-state index in [4.69, 9.17) is 4.74 Å². The number of aliphatic carboxylic acids is 1. The summed E-state index contributed by atoms with van der Waals surface area (Å²) in [7, 11) is 1.64. The number of aromatic nitrogens is 2. The summed E-state index contributed by atoms with van der Waals surface area (Å²) in [4.78, 5) is 31.4. The van der Waals surface area contributed by atoms with E-state index >= 15 is 0 Å². The van der Waals surface area contributed by atoms with Gasteiger partial charge in [0.25, 0.3) is 0 Å². The van der Waals surface area contributed by atoms with Crippen LogP contribution in [0, 0.1) is 0 Å². The van der Waals surface area contributed by atoms with Crippen LogP contribution in [-0.2, 0) is 16.0 Å². The minimum Gasteiger partial charge on any atom is -0.480 e. The molecule has 110 valence electrons. The zero-order valence-corrected chi connectivity index (χ0v) is 11.2. The number of hydrogen-bond acceptors (Lipinski definition) is 4. The van der Waals surface area contributed by atoms with E-state index in [2.05, 4.69) is 15.3 Å². The molecule has 2 heterocycles. The lowest BCUT2D eigenvalue weighted by Gasteiger charge is -2.25. The molecule has 0 saturated carbocycles. The number of carboxylic acids is 1. The zero-order valence-electron chi connectivity index (χ0n) is 11.2. The van der Waals surface area contributed by atoms with E-state index in [1.165, 1.54) is 17.4 Å². The van der Waals surface area contributed by atoms with Gasteiger partial charge in [0, 0.05) is 32.0 Å². The van der Waals surface area contributed by atoms with E-state index in [0.717, 1.165) is 6.42 Å². The Morgan fingerprint density at radius 1 is 1.70 bits per heavy atom. The molecule has 1 saturated heterocycles. The van der Waals surface area contributed by atoms with Crippen LogP contribution in [0.4, 0.5) is 4.79 Å². The van der Waals surface area contributed by atoms with Gasteiger partial charge >= 0.3 is 12.0 Å². The number of imidazole rings is 1. The lowest BCUT2D eigenvalue weighted by atomic mass is 10.1. The number of carbonyl (C=O) groups is 2. The quantitative estimate of drug-likeness (QED) is 0.695. The van der Waals surface area contributed by atoms with Crippen molar-refractivity contribution in [3.63, 3.8) is 0 Å². The summed E-state index contributed by atoms with van der Waals surface area (Å²) < 4.78 is 5.21. The number of nitrogens with one attached hydrogen (secondary N) is 2. The monoisotopic (exact) mass is 282 g/mol. The van der Waals surface area contributed by atoms with Gasteiger partial charge in [0.1, 0.15) is 6.04 Å². The molecular formula is C12H18N4O4. The summed E-state index contributed by atoms with van der Waals surface area (Å²) in [5, 5.41) is 11.7. The summed E-state index contributed by atoms with van der Waals surface area (Å²) in [6.45, 7) is 1.11. The lowest BCUT2D eigenvalue weighted by molar-refractivity contribution is -0.139. The first-order valence-corrected chi connectivity index (χ1v) is 6.39. The molecule has 8 heteroatoms. The molecule has 3 N–H and O–H groups in total. The molecule has 0 aromatic carbocycles. The highest BCUT2D eigenvalue weighted by Gasteiger charge is 2.28. The molecular weight excluding hydrogens is 264 g/mol. The molecule has 2 atom stereocenters. The molecule has 1 aliphatic rings. The molecule has 8 nitrogen and oxygen atoms in total. The lowest BCUT2D eigenvalue weighted by Crippen LogP contribution is -2.50. The number of rotatable bonds is 5. The second-order valence-corrected chi connectivity index (χ2v) is 4.75. The fourth-order valence-corrected chi connectivity index (χ4v) is 2.06. The number of carboxylic acid groups (broad SMARTS) is 1. The van der Waals surface area contributed by atoms with Crippen molar-refractivity contribution in [2.75, 3.05) is 20.3 Å². The highest BCUT2D eigenvalue weighted by molar-refractivity contribution is 5.82. The van der Waals surface area contributed by atoms with Crippen LogP contribution in [-0.4, -0.2) is 64.3 Å². The molecule has 1 aliphatic heterocycles. The number of hydrogen-bond donors (Lipinski definition) is 3. The normalized spacial score (nSPS) is 19.6. The number of nitrogens with zero attached hydrogens (tertiary/aromatic N) is 2. The third-order valence-electron chi connectivity index (χ3n) is 3.35. The molecule has 0 spiro atoms. The van der Waals surface area contributed by atoms with Crippen molar-refractivity contribution >= 4 is 12.0 Å². The van der Waals surface area contributed by atoms with Crippen molar-refractivity contribution in [3.05, 3.63) is 18.2 Å². The van der Waals surface area contributed by atoms with Crippen molar-refractivity contribution in [1.82, 2.24) is 20.2 Å². The fraction of sp³-hybridized carbons (Fsp3) is 0.583. The summed E-state index contributed by atoms with van der Waals surface area (Å²) >= 11 is 0. The van der Waals surface area contributed by atoms with Crippen LogP contribution in [0.1, 0.15) is 12.1 Å². The van der Waals surface area contributed by atoms with Gasteiger partial charge in [-0.05, 0) is 6.42 Å². The van der Waals surface area contributed by atoms with Crippen molar-refractivity contribution < 1.29 is 19.4 Å². The number of carbonyl (C=O) groups excluding carboxylic acids is 1. The van der Waals surface area contributed by atoms with Gasteiger partial charge in [-0.2, -0.15) is 0 Å². The average Bonchev–Trinajstić information content (AvgIpc) is 3.09. The largest absolute Gasteiger partial charge is 0.480 e. The average molecular weight is 282 g/mol. The molecule has 1 aromatic heterocycles. The first-order valence-electron chi connectivity index (χ1n) is 6.39. The third-order valence-corrected chi connectivity index (χ3v) is 3.35. The summed E-state index contributed by atoms with van der Waals surface area (Å²) in [6, 6.07) is -1.41. The maximum atomic E-state index is 12.0. The Labute approximate surface area is 116 Å². The van der Waals surface area contributed by atoms with Gasteiger partial charge in [0.2, 0.25) is 0 Å². The number of urea groups is 1. The van der Waals surface area contributed by atoms with Gasteiger partial charge in [-0.15, -0.1) is 0 Å². The van der Waals surface area contributed by atoms with Crippen molar-refractivity contribution in [2.45, 2.75) is 24.9 Å². The van der Waals surface area contributed by atoms with Gasteiger partial charge in [-0.25, -0.2) is 14.6 Å². The molecule has 2 rings (SSSR count). The highest BCUT2D eigenvalue weighted by Crippen LogP contribution is 2.11. The molecule has 1 aromatic rings. The van der Waals surface area contributed by atoms with Crippen molar-refractivity contribution in [3.8, 4) is 0 Å². The van der Waals surface area contributed by atoms with Crippen LogP contribution in [0.3, 0.4) is 0 Å². The number of amides is 2. The predicted molar refractivity (Wildman–Crippen MR) is 69.2 cm³/mol. The minimum atomic E-state index is -1.08. The minimum absolute atomic E-state index is 0.00315. The van der Waals surface area contributed by atoms with Gasteiger partial charge in [-0.1, -0.05) is 0 Å². The SMILES string of the molecule is CN(C(=O)N[C@H](Cc1cnc[nH]1)C(=O)O)C1CCOC1. The predicted octanol–water partition coefficient (Wildman–Crippen LogP) is -0.164. The Morgan fingerprint density at radius 2 is 2.50 bits per heavy atom. The van der Waals surface area contributed by atoms with E-state index in [9.17, 15) is 14.7 Å². The Morgan fingerprint density at radius 3 is 3.05 bits per heavy atom. The molecule has 1 unspecified atom stereocenters. The number of likely N-dealkylation sites (N-methyl/N-ethyl adjacent to an activating group) is 1. The Balaban J connectivity index is 1.93. The fourth-order valence-electron chi connectivity index (χ4n) is 2.06. The van der Waals surface area contributed by atoms with Crippen molar-refractivity contribution in [2.24, 2.45) is 0 Å². The summed E-state index contributed by atoms with van der Waals surface area (Å²) in [6.07, 6.45) is 3.94. The van der Waals surface area contributed by atoms with E-state index in [1.54, 1.807) is 7.05 Å². The molecule has 0 bridgehead atoms. The van der Waals surface area contributed by atoms with Gasteiger partial charge < -0.3 is 25.0 Å². The maximum absolute atomic E-state index is 12.0. The van der Waals surface area contributed by atoms with Gasteiger partial charge in [-0.3, -0.25) is 0 Å². The Kier molecular flexibility index (Phi) is 4.57. The van der Waals surface area contributed by atoms with Crippen LogP contribution < -0.4 is 5.32 Å². The first-order chi connectivity index (χ1) is 9.58. The molecule has 20 heavy (non-hydrogen) atoms. The zero-order chi connectivity index (χ0) is 14.5. The smallest absolute Gasteiger partial charge is 0.326 e. The second-order valence-electron chi connectivity index (χ2n) is 4.75. The molecule has 0 aliphatic carbocycles. The number of aromatic amines is 1.